The van der Waals surface area contributed by atoms with Gasteiger partial charge < -0.3 is 5.11 Å². The van der Waals surface area contributed by atoms with Gasteiger partial charge in [0.15, 0.2) is 0 Å². The maximum atomic E-state index is 8.37. The summed E-state index contributed by atoms with van der Waals surface area (Å²) in [7, 11) is 0. The van der Waals surface area contributed by atoms with Crippen molar-refractivity contribution in [3.05, 3.63) is 0 Å². The maximum absolute atomic E-state index is 8.37. The number of rotatable bonds is 3. The molecule has 0 aliphatic heterocycles. The molecule has 0 bridgehead atoms. The Balaban J connectivity index is 3.17. The molecule has 1 nitrogen and oxygen atoms in total. The minimum atomic E-state index is -0.0833. The Morgan fingerprint density at radius 2 is 2.29 bits per heavy atom. The molecule has 0 amide bonds. The van der Waals surface area contributed by atoms with Gasteiger partial charge in [-0.1, -0.05) is 13.8 Å². The molecule has 0 heterocycles. The fraction of sp³-hybridized carbons (Fsp3) is 1.00. The molecule has 1 atom stereocenters. The average Bonchev–Trinajstić information content (AvgIpc) is 1.67. The highest BCUT2D eigenvalue weighted by Gasteiger charge is 1.89. The van der Waals surface area contributed by atoms with E-state index in [9.17, 15) is 0 Å². The molecule has 1 heteroatoms. The summed E-state index contributed by atoms with van der Waals surface area (Å²) in [6.45, 7) is 4.13. The van der Waals surface area contributed by atoms with Gasteiger partial charge in [0.1, 0.15) is 0 Å². The van der Waals surface area contributed by atoms with E-state index >= 15 is 0 Å². The van der Waals surface area contributed by atoms with Gasteiger partial charge in [-0.2, -0.15) is 0 Å². The average molecular weight is 103 g/mol. The van der Waals surface area contributed by atoms with Crippen LogP contribution in [0.3, 0.4) is 0 Å². The molecule has 0 saturated heterocycles. The summed E-state index contributed by atoms with van der Waals surface area (Å²) in [5.41, 5.74) is 0. The van der Waals surface area contributed by atoms with E-state index in [0.29, 0.717) is 12.3 Å². The second-order valence-corrected chi connectivity index (χ2v) is 1.99. The Kier molecular flexibility index (Phi) is 3.01. The van der Waals surface area contributed by atoms with E-state index in [1.807, 2.05) is 13.8 Å². The van der Waals surface area contributed by atoms with Crippen molar-refractivity contribution in [2.24, 2.45) is 5.92 Å². The molecule has 0 fully saturated rings. The van der Waals surface area contributed by atoms with Crippen molar-refractivity contribution in [2.75, 3.05) is 6.61 Å². The third-order valence-corrected chi connectivity index (χ3v) is 0.767. The first-order chi connectivity index (χ1) is 3.68. The fourth-order valence-electron chi connectivity index (χ4n) is 0.408. The predicted octanol–water partition coefficient (Wildman–Crippen LogP) is 1.41. The monoisotopic (exact) mass is 103 g/mol. The first kappa shape index (κ1) is 5.10. The van der Waals surface area contributed by atoms with E-state index in [1.54, 1.807) is 0 Å². The SMILES string of the molecule is [2H][C@@H](CCO)C(C)C. The molecular weight excluding hydrogens is 88.1 g/mol. The zero-order valence-corrected chi connectivity index (χ0v) is 5.02. The van der Waals surface area contributed by atoms with Crippen LogP contribution >= 0.6 is 0 Å². The van der Waals surface area contributed by atoms with Crippen LogP contribution in [0.1, 0.15) is 28.0 Å². The zero-order chi connectivity index (χ0) is 6.57. The Hall–Kier alpha value is -0.0400. The summed E-state index contributed by atoms with van der Waals surface area (Å²) >= 11 is 0. The fourth-order valence-corrected chi connectivity index (χ4v) is 0.408. The van der Waals surface area contributed by atoms with Crippen molar-refractivity contribution in [3.63, 3.8) is 0 Å². The highest BCUT2D eigenvalue weighted by molar-refractivity contribution is 4.42. The van der Waals surface area contributed by atoms with Crippen molar-refractivity contribution >= 4 is 0 Å². The largest absolute Gasteiger partial charge is 0.396 e. The molecule has 0 rings (SSSR count). The van der Waals surface area contributed by atoms with Crippen LogP contribution in [0.25, 0.3) is 0 Å². The molecular formula is C6H14O. The molecule has 44 valence electrons. The van der Waals surface area contributed by atoms with Gasteiger partial charge in [0, 0.05) is 7.98 Å². The molecule has 1 N–H and O–H groups in total. The number of aliphatic hydroxyl groups excluding tert-OH is 1. The third kappa shape index (κ3) is 5.96. The van der Waals surface area contributed by atoms with E-state index in [-0.39, 0.29) is 13.0 Å². The summed E-state index contributed by atoms with van der Waals surface area (Å²) in [5, 5.41) is 8.37. The first-order valence-electron chi connectivity index (χ1n) is 3.29. The lowest BCUT2D eigenvalue weighted by Crippen LogP contribution is -1.89. The van der Waals surface area contributed by atoms with Gasteiger partial charge in [0.2, 0.25) is 0 Å². The van der Waals surface area contributed by atoms with Crippen LogP contribution in [0.5, 0.6) is 0 Å². The van der Waals surface area contributed by atoms with Crippen molar-refractivity contribution in [2.45, 2.75) is 26.7 Å². The molecule has 0 spiro atoms. The molecule has 0 aromatic carbocycles. The lowest BCUT2D eigenvalue weighted by molar-refractivity contribution is 0.276. The van der Waals surface area contributed by atoms with Gasteiger partial charge in [0.25, 0.3) is 0 Å². The van der Waals surface area contributed by atoms with Crippen LogP contribution in [0.15, 0.2) is 0 Å². The van der Waals surface area contributed by atoms with Crippen LogP contribution in [-0.2, 0) is 0 Å². The lowest BCUT2D eigenvalue weighted by atomic mass is 10.1. The smallest absolute Gasteiger partial charge is 0.0431 e. The number of aliphatic hydroxyl groups is 1. The summed E-state index contributed by atoms with van der Waals surface area (Å²) in [4.78, 5) is 0. The summed E-state index contributed by atoms with van der Waals surface area (Å²) in [6.07, 6.45) is 0.525. The van der Waals surface area contributed by atoms with E-state index < -0.39 is 0 Å². The van der Waals surface area contributed by atoms with Crippen molar-refractivity contribution in [3.8, 4) is 0 Å². The van der Waals surface area contributed by atoms with E-state index in [4.69, 9.17) is 6.48 Å². The van der Waals surface area contributed by atoms with Crippen LogP contribution in [0.4, 0.5) is 0 Å². The minimum absolute atomic E-state index is 0.0833. The van der Waals surface area contributed by atoms with Crippen molar-refractivity contribution < 1.29 is 6.48 Å². The quantitative estimate of drug-likeness (QED) is 0.572. The Labute approximate surface area is 46.8 Å². The molecule has 0 saturated carbocycles. The Bertz CT molecular complexity index is 54.5. The molecule has 0 aromatic rings. The molecule has 0 radical (unpaired) electrons. The van der Waals surface area contributed by atoms with Crippen LogP contribution in [0, 0.1) is 5.92 Å². The molecule has 0 aliphatic rings. The number of hydrogen-bond donors (Lipinski definition) is 1. The highest BCUT2D eigenvalue weighted by atomic mass is 16.2. The van der Waals surface area contributed by atoms with Gasteiger partial charge in [-0.05, 0) is 18.7 Å². The van der Waals surface area contributed by atoms with Crippen LogP contribution in [-0.4, -0.2) is 11.7 Å². The second-order valence-electron chi connectivity index (χ2n) is 1.99. The number of hydrogen-bond acceptors (Lipinski definition) is 1. The standard InChI is InChI=1S/C6H14O/c1-6(2)4-3-5-7/h6-7H,3-5H2,1-2H3/i4D/t4-/m0/s1. The van der Waals surface area contributed by atoms with Gasteiger partial charge in [0.05, 0.1) is 0 Å². The summed E-state index contributed by atoms with van der Waals surface area (Å²) < 4.78 is 7.27. The molecule has 7 heavy (non-hydrogen) atoms. The summed E-state index contributed by atoms with van der Waals surface area (Å²) in [6, 6.07) is 0. The topological polar surface area (TPSA) is 20.2 Å². The second kappa shape index (κ2) is 4.13. The Morgan fingerprint density at radius 1 is 1.71 bits per heavy atom. The molecule has 0 aliphatic carbocycles. The Morgan fingerprint density at radius 3 is 2.43 bits per heavy atom. The van der Waals surface area contributed by atoms with E-state index in [1.165, 1.54) is 0 Å². The zero-order valence-electron chi connectivity index (χ0n) is 6.02. The third-order valence-electron chi connectivity index (χ3n) is 0.767. The lowest BCUT2D eigenvalue weighted by Gasteiger charge is -1.98. The van der Waals surface area contributed by atoms with Crippen LogP contribution in [0.2, 0.25) is 0 Å². The molecule has 0 unspecified atom stereocenters. The highest BCUT2D eigenvalue weighted by Crippen LogP contribution is 2.00. The summed E-state index contributed by atoms with van der Waals surface area (Å²) in [5.74, 6) is 0.377. The van der Waals surface area contributed by atoms with E-state index in [2.05, 4.69) is 0 Å². The van der Waals surface area contributed by atoms with E-state index in [0.717, 1.165) is 0 Å². The normalized spacial score (nSPS) is 16.9. The van der Waals surface area contributed by atoms with Gasteiger partial charge in [-0.15, -0.1) is 0 Å². The predicted molar refractivity (Wildman–Crippen MR) is 31.2 cm³/mol. The van der Waals surface area contributed by atoms with Crippen LogP contribution < -0.4 is 0 Å². The van der Waals surface area contributed by atoms with Gasteiger partial charge in [-0.3, -0.25) is 0 Å². The van der Waals surface area contributed by atoms with Crippen molar-refractivity contribution in [1.29, 1.82) is 0 Å². The van der Waals surface area contributed by atoms with Crippen molar-refractivity contribution in [1.82, 2.24) is 0 Å². The molecule has 0 aromatic heterocycles. The van der Waals surface area contributed by atoms with Gasteiger partial charge in [-0.25, -0.2) is 0 Å². The minimum Gasteiger partial charge on any atom is -0.396 e. The van der Waals surface area contributed by atoms with Gasteiger partial charge >= 0.3 is 0 Å². The first-order valence-corrected chi connectivity index (χ1v) is 2.71. The maximum Gasteiger partial charge on any atom is 0.0431 e.